The SMILES string of the molecule is CN(C)c1ccccc1CN(CCN)CCc1ccccc1.Cl. The Bertz CT molecular complexity index is 558. The van der Waals surface area contributed by atoms with Crippen molar-refractivity contribution in [1.29, 1.82) is 0 Å². The van der Waals surface area contributed by atoms with Gasteiger partial charge < -0.3 is 10.6 Å². The van der Waals surface area contributed by atoms with Crippen LogP contribution in [0.2, 0.25) is 0 Å². The maximum atomic E-state index is 5.80. The van der Waals surface area contributed by atoms with Crippen LogP contribution in [0, 0.1) is 0 Å². The van der Waals surface area contributed by atoms with Crippen LogP contribution in [0.15, 0.2) is 54.6 Å². The van der Waals surface area contributed by atoms with Crippen LogP contribution in [-0.4, -0.2) is 38.6 Å². The van der Waals surface area contributed by atoms with Gasteiger partial charge in [-0.1, -0.05) is 48.5 Å². The van der Waals surface area contributed by atoms with Gasteiger partial charge in [-0.05, 0) is 23.6 Å². The van der Waals surface area contributed by atoms with E-state index in [2.05, 4.69) is 78.5 Å². The van der Waals surface area contributed by atoms with Gasteiger partial charge in [0.25, 0.3) is 0 Å². The van der Waals surface area contributed by atoms with E-state index in [1.807, 2.05) is 0 Å². The van der Waals surface area contributed by atoms with Gasteiger partial charge in [-0.15, -0.1) is 12.4 Å². The van der Waals surface area contributed by atoms with Crippen molar-refractivity contribution >= 4 is 18.1 Å². The minimum atomic E-state index is 0. The van der Waals surface area contributed by atoms with Crippen molar-refractivity contribution in [2.45, 2.75) is 13.0 Å². The highest BCUT2D eigenvalue weighted by molar-refractivity contribution is 5.85. The first-order valence-electron chi connectivity index (χ1n) is 7.92. The Morgan fingerprint density at radius 3 is 2.17 bits per heavy atom. The second-order valence-electron chi connectivity index (χ2n) is 5.82. The van der Waals surface area contributed by atoms with Crippen LogP contribution in [0.1, 0.15) is 11.1 Å². The largest absolute Gasteiger partial charge is 0.377 e. The van der Waals surface area contributed by atoms with Crippen molar-refractivity contribution in [3.8, 4) is 0 Å². The second-order valence-corrected chi connectivity index (χ2v) is 5.82. The van der Waals surface area contributed by atoms with Crippen LogP contribution in [0.4, 0.5) is 5.69 Å². The van der Waals surface area contributed by atoms with Crippen LogP contribution in [0.5, 0.6) is 0 Å². The number of nitrogens with two attached hydrogens (primary N) is 1. The topological polar surface area (TPSA) is 32.5 Å². The fourth-order valence-corrected chi connectivity index (χ4v) is 2.71. The molecule has 0 spiro atoms. The van der Waals surface area contributed by atoms with E-state index < -0.39 is 0 Å². The third-order valence-electron chi connectivity index (χ3n) is 3.87. The lowest BCUT2D eigenvalue weighted by atomic mass is 10.1. The zero-order chi connectivity index (χ0) is 15.8. The fourth-order valence-electron chi connectivity index (χ4n) is 2.71. The predicted octanol–water partition coefficient (Wildman–Crippen LogP) is 3.18. The molecule has 2 N–H and O–H groups in total. The Labute approximate surface area is 146 Å². The van der Waals surface area contributed by atoms with Gasteiger partial charge in [-0.3, -0.25) is 4.90 Å². The third kappa shape index (κ3) is 6.22. The maximum absolute atomic E-state index is 5.80. The highest BCUT2D eigenvalue weighted by atomic mass is 35.5. The molecule has 0 heterocycles. The lowest BCUT2D eigenvalue weighted by Crippen LogP contribution is -2.31. The van der Waals surface area contributed by atoms with Crippen LogP contribution >= 0.6 is 12.4 Å². The number of halogens is 1. The van der Waals surface area contributed by atoms with Gasteiger partial charge in [0.05, 0.1) is 0 Å². The number of benzene rings is 2. The van der Waals surface area contributed by atoms with E-state index in [-0.39, 0.29) is 12.4 Å². The van der Waals surface area contributed by atoms with Crippen molar-refractivity contribution in [1.82, 2.24) is 4.90 Å². The van der Waals surface area contributed by atoms with E-state index in [4.69, 9.17) is 5.73 Å². The molecule has 0 aliphatic heterocycles. The molecule has 0 aromatic heterocycles. The predicted molar refractivity (Wildman–Crippen MR) is 102 cm³/mol. The minimum absolute atomic E-state index is 0. The van der Waals surface area contributed by atoms with Crippen LogP contribution in [-0.2, 0) is 13.0 Å². The van der Waals surface area contributed by atoms with E-state index in [9.17, 15) is 0 Å². The fraction of sp³-hybridized carbons (Fsp3) is 0.368. The average Bonchev–Trinajstić information content (AvgIpc) is 2.54. The van der Waals surface area contributed by atoms with E-state index in [1.165, 1.54) is 16.8 Å². The molecule has 2 aromatic carbocycles. The molecule has 0 aliphatic rings. The van der Waals surface area contributed by atoms with E-state index >= 15 is 0 Å². The van der Waals surface area contributed by atoms with Crippen LogP contribution < -0.4 is 10.6 Å². The molecule has 3 nitrogen and oxygen atoms in total. The monoisotopic (exact) mass is 333 g/mol. The molecule has 0 unspecified atom stereocenters. The zero-order valence-corrected chi connectivity index (χ0v) is 14.9. The molecule has 4 heteroatoms. The molecule has 2 rings (SSSR count). The molecular formula is C19H28ClN3. The molecule has 126 valence electrons. The number of hydrogen-bond acceptors (Lipinski definition) is 3. The Morgan fingerprint density at radius 1 is 0.870 bits per heavy atom. The summed E-state index contributed by atoms with van der Waals surface area (Å²) in [6.07, 6.45) is 1.06. The third-order valence-corrected chi connectivity index (χ3v) is 3.87. The molecule has 0 amide bonds. The summed E-state index contributed by atoms with van der Waals surface area (Å²) in [7, 11) is 4.19. The number of hydrogen-bond donors (Lipinski definition) is 1. The molecule has 0 fully saturated rings. The molecule has 0 atom stereocenters. The molecule has 0 saturated heterocycles. The summed E-state index contributed by atoms with van der Waals surface area (Å²) in [6, 6.07) is 19.2. The number of nitrogens with zero attached hydrogens (tertiary/aromatic N) is 2. The lowest BCUT2D eigenvalue weighted by Gasteiger charge is -2.25. The van der Waals surface area contributed by atoms with Crippen LogP contribution in [0.25, 0.3) is 0 Å². The maximum Gasteiger partial charge on any atom is 0.0406 e. The summed E-state index contributed by atoms with van der Waals surface area (Å²) in [5.41, 5.74) is 9.82. The summed E-state index contributed by atoms with van der Waals surface area (Å²) in [5.74, 6) is 0. The first kappa shape index (κ1) is 19.5. The Morgan fingerprint density at radius 2 is 1.52 bits per heavy atom. The smallest absolute Gasteiger partial charge is 0.0406 e. The quantitative estimate of drug-likeness (QED) is 0.805. The van der Waals surface area contributed by atoms with E-state index in [0.29, 0.717) is 6.54 Å². The first-order chi connectivity index (χ1) is 10.7. The number of para-hydroxylation sites is 1. The first-order valence-corrected chi connectivity index (χ1v) is 7.92. The summed E-state index contributed by atoms with van der Waals surface area (Å²) in [4.78, 5) is 4.61. The normalized spacial score (nSPS) is 10.4. The second kappa shape index (κ2) is 10.3. The van der Waals surface area contributed by atoms with Crippen LogP contribution in [0.3, 0.4) is 0 Å². The van der Waals surface area contributed by atoms with E-state index in [0.717, 1.165) is 26.1 Å². The lowest BCUT2D eigenvalue weighted by molar-refractivity contribution is 0.276. The van der Waals surface area contributed by atoms with Gasteiger partial charge in [0.2, 0.25) is 0 Å². The van der Waals surface area contributed by atoms with Gasteiger partial charge in [0.15, 0.2) is 0 Å². The standard InChI is InChI=1S/C19H27N3.ClH/c1-21(2)19-11-7-6-10-18(19)16-22(15-13-20)14-12-17-8-4-3-5-9-17;/h3-11H,12-16,20H2,1-2H3;1H. The van der Waals surface area contributed by atoms with Crippen molar-refractivity contribution in [3.05, 3.63) is 65.7 Å². The average molecular weight is 334 g/mol. The highest BCUT2D eigenvalue weighted by Gasteiger charge is 2.09. The van der Waals surface area contributed by atoms with Crippen molar-refractivity contribution in [2.24, 2.45) is 5.73 Å². The van der Waals surface area contributed by atoms with Crippen molar-refractivity contribution in [2.75, 3.05) is 38.6 Å². The minimum Gasteiger partial charge on any atom is -0.377 e. The Kier molecular flexibility index (Phi) is 8.70. The van der Waals surface area contributed by atoms with Gasteiger partial charge in [0.1, 0.15) is 0 Å². The molecule has 23 heavy (non-hydrogen) atoms. The molecular weight excluding hydrogens is 306 g/mol. The van der Waals surface area contributed by atoms with Crippen molar-refractivity contribution < 1.29 is 0 Å². The Hall–Kier alpha value is -1.55. The molecule has 0 bridgehead atoms. The molecule has 0 radical (unpaired) electrons. The van der Waals surface area contributed by atoms with Gasteiger partial charge in [0, 0.05) is 46.0 Å². The summed E-state index contributed by atoms with van der Waals surface area (Å²) in [5, 5.41) is 0. The highest BCUT2D eigenvalue weighted by Crippen LogP contribution is 2.19. The van der Waals surface area contributed by atoms with E-state index in [1.54, 1.807) is 0 Å². The van der Waals surface area contributed by atoms with Gasteiger partial charge in [-0.25, -0.2) is 0 Å². The molecule has 0 saturated carbocycles. The van der Waals surface area contributed by atoms with Gasteiger partial charge in [-0.2, -0.15) is 0 Å². The zero-order valence-electron chi connectivity index (χ0n) is 14.1. The molecule has 0 aliphatic carbocycles. The van der Waals surface area contributed by atoms with Gasteiger partial charge >= 0.3 is 0 Å². The summed E-state index contributed by atoms with van der Waals surface area (Å²) in [6.45, 7) is 3.59. The van der Waals surface area contributed by atoms with Crippen molar-refractivity contribution in [3.63, 3.8) is 0 Å². The number of anilines is 1. The Balaban J connectivity index is 0.00000264. The molecule has 2 aromatic rings. The number of rotatable bonds is 8. The summed E-state index contributed by atoms with van der Waals surface area (Å²) < 4.78 is 0. The summed E-state index contributed by atoms with van der Waals surface area (Å²) >= 11 is 0.